The van der Waals surface area contributed by atoms with E-state index in [4.69, 9.17) is 17.3 Å². The first-order valence-corrected chi connectivity index (χ1v) is 6.39. The van der Waals surface area contributed by atoms with Crippen molar-refractivity contribution in [2.75, 3.05) is 0 Å². The summed E-state index contributed by atoms with van der Waals surface area (Å²) in [7, 11) is 0. The first-order valence-electron chi connectivity index (χ1n) is 6.01. The average molecular weight is 280 g/mol. The van der Waals surface area contributed by atoms with Gasteiger partial charge < -0.3 is 10.8 Å². The van der Waals surface area contributed by atoms with E-state index in [0.717, 1.165) is 5.56 Å². The Kier molecular flexibility index (Phi) is 4.53. The predicted molar refractivity (Wildman–Crippen MR) is 74.5 cm³/mol. The van der Waals surface area contributed by atoms with Gasteiger partial charge in [0.1, 0.15) is 5.82 Å². The van der Waals surface area contributed by atoms with Crippen LogP contribution in [0.5, 0.6) is 0 Å². The van der Waals surface area contributed by atoms with Gasteiger partial charge in [-0.1, -0.05) is 54.1 Å². The van der Waals surface area contributed by atoms with Crippen molar-refractivity contribution in [1.82, 2.24) is 0 Å². The van der Waals surface area contributed by atoms with E-state index in [1.807, 2.05) is 30.3 Å². The van der Waals surface area contributed by atoms with Crippen LogP contribution in [0.4, 0.5) is 4.39 Å². The molecule has 0 fully saturated rings. The third-order valence-electron chi connectivity index (χ3n) is 3.04. The lowest BCUT2D eigenvalue weighted by Crippen LogP contribution is -2.29. The Morgan fingerprint density at radius 3 is 2.47 bits per heavy atom. The Morgan fingerprint density at radius 1 is 1.11 bits per heavy atom. The number of aliphatic hydroxyl groups is 1. The third kappa shape index (κ3) is 3.32. The molecule has 0 aromatic heterocycles. The maximum absolute atomic E-state index is 13.8. The van der Waals surface area contributed by atoms with Crippen LogP contribution in [-0.4, -0.2) is 11.2 Å². The zero-order valence-electron chi connectivity index (χ0n) is 10.3. The summed E-state index contributed by atoms with van der Waals surface area (Å²) in [6.45, 7) is 0. The van der Waals surface area contributed by atoms with Gasteiger partial charge in [-0.05, 0) is 11.6 Å². The summed E-state index contributed by atoms with van der Waals surface area (Å²) in [5.74, 6) is -0.566. The summed E-state index contributed by atoms with van der Waals surface area (Å²) in [5.41, 5.74) is 7.09. The molecule has 100 valence electrons. The minimum Gasteiger partial charge on any atom is -0.391 e. The number of nitrogens with two attached hydrogens (primary N) is 1. The monoisotopic (exact) mass is 279 g/mol. The highest BCUT2D eigenvalue weighted by Crippen LogP contribution is 2.25. The summed E-state index contributed by atoms with van der Waals surface area (Å²) < 4.78 is 13.8. The maximum Gasteiger partial charge on any atom is 0.146 e. The van der Waals surface area contributed by atoms with E-state index >= 15 is 0 Å². The van der Waals surface area contributed by atoms with Gasteiger partial charge >= 0.3 is 0 Å². The second-order valence-corrected chi connectivity index (χ2v) is 4.83. The minimum absolute atomic E-state index is 0.0138. The van der Waals surface area contributed by atoms with Crippen molar-refractivity contribution in [2.24, 2.45) is 5.73 Å². The van der Waals surface area contributed by atoms with Crippen LogP contribution in [0.1, 0.15) is 17.2 Å². The Hall–Kier alpha value is -1.42. The number of rotatable bonds is 4. The molecule has 2 atom stereocenters. The van der Waals surface area contributed by atoms with Gasteiger partial charge in [-0.25, -0.2) is 4.39 Å². The number of benzene rings is 2. The smallest absolute Gasteiger partial charge is 0.146 e. The van der Waals surface area contributed by atoms with Crippen LogP contribution in [0.25, 0.3) is 0 Å². The summed E-state index contributed by atoms with van der Waals surface area (Å²) in [5, 5.41) is 10.1. The molecule has 0 heterocycles. The fourth-order valence-corrected chi connectivity index (χ4v) is 2.15. The fraction of sp³-hybridized carbons (Fsp3) is 0.200. The van der Waals surface area contributed by atoms with E-state index in [1.165, 1.54) is 6.07 Å². The van der Waals surface area contributed by atoms with E-state index in [2.05, 4.69) is 0 Å². The SMILES string of the molecule is N[C@@H](c1cccc(Cl)c1F)[C@H](O)Cc1ccccc1. The Bertz CT molecular complexity index is 547. The molecule has 0 spiro atoms. The molecule has 0 saturated heterocycles. The van der Waals surface area contributed by atoms with Crippen molar-refractivity contribution in [3.8, 4) is 0 Å². The molecule has 2 aromatic carbocycles. The van der Waals surface area contributed by atoms with E-state index in [-0.39, 0.29) is 10.6 Å². The van der Waals surface area contributed by atoms with Crippen molar-refractivity contribution in [3.63, 3.8) is 0 Å². The highest BCUT2D eigenvalue weighted by atomic mass is 35.5. The summed E-state index contributed by atoms with van der Waals surface area (Å²) >= 11 is 5.71. The molecule has 0 saturated carbocycles. The van der Waals surface area contributed by atoms with Crippen LogP contribution < -0.4 is 5.73 Å². The van der Waals surface area contributed by atoms with E-state index in [1.54, 1.807) is 12.1 Å². The van der Waals surface area contributed by atoms with Crippen LogP contribution in [0, 0.1) is 5.82 Å². The molecule has 2 rings (SSSR count). The van der Waals surface area contributed by atoms with Crippen LogP contribution in [0.3, 0.4) is 0 Å². The maximum atomic E-state index is 13.8. The van der Waals surface area contributed by atoms with Gasteiger partial charge in [-0.2, -0.15) is 0 Å². The molecule has 0 bridgehead atoms. The molecular weight excluding hydrogens is 265 g/mol. The average Bonchev–Trinajstić information content (AvgIpc) is 2.42. The molecule has 0 aliphatic carbocycles. The largest absolute Gasteiger partial charge is 0.391 e. The van der Waals surface area contributed by atoms with Crippen LogP contribution in [0.15, 0.2) is 48.5 Å². The third-order valence-corrected chi connectivity index (χ3v) is 3.33. The second-order valence-electron chi connectivity index (χ2n) is 4.43. The molecule has 3 N–H and O–H groups in total. The first kappa shape index (κ1) is 14.0. The molecule has 0 aliphatic heterocycles. The Labute approximate surface area is 116 Å². The molecule has 0 radical (unpaired) electrons. The molecule has 0 amide bonds. The van der Waals surface area contributed by atoms with Crippen molar-refractivity contribution >= 4 is 11.6 Å². The van der Waals surface area contributed by atoms with Crippen LogP contribution >= 0.6 is 11.6 Å². The standard InChI is InChI=1S/C15H15ClFNO/c16-12-8-4-7-11(14(12)17)15(18)13(19)9-10-5-2-1-3-6-10/h1-8,13,15,19H,9,18H2/t13-,15+/m1/s1. The minimum atomic E-state index is -0.865. The van der Waals surface area contributed by atoms with Gasteiger partial charge in [0.25, 0.3) is 0 Å². The number of aliphatic hydroxyl groups excluding tert-OH is 1. The number of hydrogen-bond donors (Lipinski definition) is 2. The van der Waals surface area contributed by atoms with Crippen molar-refractivity contribution in [3.05, 3.63) is 70.5 Å². The lowest BCUT2D eigenvalue weighted by Gasteiger charge is -2.20. The molecule has 4 heteroatoms. The Morgan fingerprint density at radius 2 is 1.79 bits per heavy atom. The Balaban J connectivity index is 2.15. The molecular formula is C15H15ClFNO. The summed E-state index contributed by atoms with van der Waals surface area (Å²) in [4.78, 5) is 0. The number of hydrogen-bond acceptors (Lipinski definition) is 2. The van der Waals surface area contributed by atoms with Gasteiger partial charge in [0.15, 0.2) is 0 Å². The highest BCUT2D eigenvalue weighted by molar-refractivity contribution is 6.30. The van der Waals surface area contributed by atoms with Crippen molar-refractivity contribution in [2.45, 2.75) is 18.6 Å². The van der Waals surface area contributed by atoms with Crippen molar-refractivity contribution < 1.29 is 9.50 Å². The molecule has 0 unspecified atom stereocenters. The lowest BCUT2D eigenvalue weighted by molar-refractivity contribution is 0.143. The molecule has 2 aromatic rings. The van der Waals surface area contributed by atoms with Gasteiger partial charge in [0, 0.05) is 12.0 Å². The van der Waals surface area contributed by atoms with Gasteiger partial charge in [0.2, 0.25) is 0 Å². The quantitative estimate of drug-likeness (QED) is 0.903. The summed E-state index contributed by atoms with van der Waals surface area (Å²) in [6.07, 6.45) is -0.496. The zero-order valence-corrected chi connectivity index (χ0v) is 11.0. The number of halogens is 2. The van der Waals surface area contributed by atoms with E-state index < -0.39 is 18.0 Å². The predicted octanol–water partition coefficient (Wildman–Crippen LogP) is 3.08. The zero-order chi connectivity index (χ0) is 13.8. The topological polar surface area (TPSA) is 46.2 Å². The fourth-order valence-electron chi connectivity index (χ4n) is 1.97. The van der Waals surface area contributed by atoms with Gasteiger partial charge in [-0.3, -0.25) is 0 Å². The second kappa shape index (κ2) is 6.15. The molecule has 19 heavy (non-hydrogen) atoms. The van der Waals surface area contributed by atoms with E-state index in [0.29, 0.717) is 6.42 Å². The van der Waals surface area contributed by atoms with Gasteiger partial charge in [-0.15, -0.1) is 0 Å². The van der Waals surface area contributed by atoms with Gasteiger partial charge in [0.05, 0.1) is 17.2 Å². The first-order chi connectivity index (χ1) is 9.09. The van der Waals surface area contributed by atoms with Crippen molar-refractivity contribution in [1.29, 1.82) is 0 Å². The summed E-state index contributed by atoms with van der Waals surface area (Å²) in [6, 6.07) is 13.3. The highest BCUT2D eigenvalue weighted by Gasteiger charge is 2.21. The van der Waals surface area contributed by atoms with E-state index in [9.17, 15) is 9.50 Å². The molecule has 2 nitrogen and oxygen atoms in total. The molecule has 0 aliphatic rings. The normalized spacial score (nSPS) is 14.1. The van der Waals surface area contributed by atoms with Crippen LogP contribution in [-0.2, 0) is 6.42 Å². The lowest BCUT2D eigenvalue weighted by atomic mass is 9.96. The van der Waals surface area contributed by atoms with Crippen LogP contribution in [0.2, 0.25) is 5.02 Å².